The fourth-order valence-electron chi connectivity index (χ4n) is 2.21. The molecule has 1 aromatic rings. The van der Waals surface area contributed by atoms with Crippen molar-refractivity contribution in [2.45, 2.75) is 32.7 Å². The lowest BCUT2D eigenvalue weighted by Crippen LogP contribution is -2.19. The molecule has 1 fully saturated rings. The second-order valence-corrected chi connectivity index (χ2v) is 5.33. The highest BCUT2D eigenvalue weighted by Crippen LogP contribution is 2.58. The molecule has 2 unspecified atom stereocenters. The Morgan fingerprint density at radius 2 is 1.89 bits per heavy atom. The number of aliphatic hydroxyl groups excluding tert-OH is 1. The van der Waals surface area contributed by atoms with Crippen LogP contribution in [-0.2, 0) is 0 Å². The number of aliphatic hydroxyl groups is 1. The topological polar surface area (TPSA) is 29.5 Å². The van der Waals surface area contributed by atoms with Crippen LogP contribution in [0.5, 0.6) is 5.75 Å². The van der Waals surface area contributed by atoms with Gasteiger partial charge in [0.25, 0.3) is 0 Å². The number of para-hydroxylation sites is 1. The number of alkyl halides is 3. The maximum Gasteiger partial charge on any atom is 0.573 e. The summed E-state index contributed by atoms with van der Waals surface area (Å²) in [6.45, 7) is 3.96. The van der Waals surface area contributed by atoms with E-state index in [4.69, 9.17) is 0 Å². The Balaban J connectivity index is 2.23. The lowest BCUT2D eigenvalue weighted by atomic mass is 9.99. The summed E-state index contributed by atoms with van der Waals surface area (Å²) in [4.78, 5) is 0. The van der Waals surface area contributed by atoms with Gasteiger partial charge in [0, 0.05) is 5.56 Å². The van der Waals surface area contributed by atoms with Gasteiger partial charge in [-0.3, -0.25) is 0 Å². The minimum absolute atomic E-state index is 0.0181. The summed E-state index contributed by atoms with van der Waals surface area (Å²) in [5.74, 6) is -0.337. The number of benzene rings is 1. The van der Waals surface area contributed by atoms with E-state index >= 15 is 0 Å². The van der Waals surface area contributed by atoms with E-state index in [1.807, 2.05) is 13.8 Å². The minimum atomic E-state index is -4.74. The molecule has 2 nitrogen and oxygen atoms in total. The molecule has 18 heavy (non-hydrogen) atoms. The van der Waals surface area contributed by atoms with Gasteiger partial charge in [-0.05, 0) is 23.8 Å². The van der Waals surface area contributed by atoms with Crippen LogP contribution in [0.3, 0.4) is 0 Å². The Morgan fingerprint density at radius 1 is 1.33 bits per heavy atom. The Labute approximate surface area is 103 Å². The fraction of sp³-hybridized carbons (Fsp3) is 0.538. The van der Waals surface area contributed by atoms with Crippen LogP contribution in [-0.4, -0.2) is 11.5 Å². The molecular formula is C13H15F3O2. The van der Waals surface area contributed by atoms with E-state index in [-0.39, 0.29) is 22.6 Å². The summed E-state index contributed by atoms with van der Waals surface area (Å²) in [5, 5.41) is 10.1. The third-order valence-electron chi connectivity index (χ3n) is 3.43. The first kappa shape index (κ1) is 13.2. The average Bonchev–Trinajstić information content (AvgIpc) is 2.85. The van der Waals surface area contributed by atoms with Gasteiger partial charge in [0.1, 0.15) is 5.75 Å². The van der Waals surface area contributed by atoms with Crippen molar-refractivity contribution >= 4 is 0 Å². The third-order valence-corrected chi connectivity index (χ3v) is 3.43. The maximum atomic E-state index is 12.2. The Bertz CT molecular complexity index is 440. The van der Waals surface area contributed by atoms with Crippen molar-refractivity contribution in [3.8, 4) is 5.75 Å². The second-order valence-electron chi connectivity index (χ2n) is 5.33. The van der Waals surface area contributed by atoms with Crippen molar-refractivity contribution in [2.75, 3.05) is 0 Å². The highest BCUT2D eigenvalue weighted by Gasteiger charge is 2.51. The molecule has 0 spiro atoms. The molecule has 5 heteroatoms. The van der Waals surface area contributed by atoms with Crippen LogP contribution >= 0.6 is 0 Å². The molecule has 1 saturated carbocycles. The monoisotopic (exact) mass is 260 g/mol. The Morgan fingerprint density at radius 3 is 2.39 bits per heavy atom. The molecule has 0 saturated heterocycles. The predicted octanol–water partition coefficient (Wildman–Crippen LogP) is 3.66. The summed E-state index contributed by atoms with van der Waals surface area (Å²) in [6, 6.07) is 5.74. The van der Waals surface area contributed by atoms with E-state index in [1.165, 1.54) is 18.2 Å². The highest BCUT2D eigenvalue weighted by atomic mass is 19.4. The van der Waals surface area contributed by atoms with Crippen LogP contribution in [0.15, 0.2) is 24.3 Å². The van der Waals surface area contributed by atoms with Crippen LogP contribution < -0.4 is 4.74 Å². The fourth-order valence-corrected chi connectivity index (χ4v) is 2.21. The quantitative estimate of drug-likeness (QED) is 0.898. The Hall–Kier alpha value is -1.23. The largest absolute Gasteiger partial charge is 0.573 e. The van der Waals surface area contributed by atoms with Crippen LogP contribution in [0.2, 0.25) is 0 Å². The standard InChI is InChI=1S/C13H15F3O2/c1-12(2)7-9(12)11(17)8-5-3-4-6-10(8)18-13(14,15)16/h3-6,9,11,17H,7H2,1-2H3. The van der Waals surface area contributed by atoms with Crippen molar-refractivity contribution < 1.29 is 23.0 Å². The first-order valence-electron chi connectivity index (χ1n) is 5.73. The van der Waals surface area contributed by atoms with Gasteiger partial charge in [0.2, 0.25) is 0 Å². The zero-order valence-electron chi connectivity index (χ0n) is 10.2. The number of hydrogen-bond donors (Lipinski definition) is 1. The van der Waals surface area contributed by atoms with Gasteiger partial charge in [-0.2, -0.15) is 0 Å². The molecule has 1 aliphatic rings. The first-order valence-corrected chi connectivity index (χ1v) is 5.73. The van der Waals surface area contributed by atoms with Crippen LogP contribution in [0.25, 0.3) is 0 Å². The molecule has 1 aliphatic carbocycles. The molecule has 0 aromatic heterocycles. The van der Waals surface area contributed by atoms with Crippen molar-refractivity contribution in [1.29, 1.82) is 0 Å². The number of hydrogen-bond acceptors (Lipinski definition) is 2. The van der Waals surface area contributed by atoms with Gasteiger partial charge in [-0.25, -0.2) is 0 Å². The SMILES string of the molecule is CC1(C)CC1C(O)c1ccccc1OC(F)(F)F. The molecule has 1 aromatic carbocycles. The molecule has 2 atom stereocenters. The Kier molecular flexibility index (Phi) is 3.05. The molecule has 0 amide bonds. The summed E-state index contributed by atoms with van der Waals surface area (Å²) in [7, 11) is 0. The summed E-state index contributed by atoms with van der Waals surface area (Å²) < 4.78 is 40.7. The first-order chi connectivity index (χ1) is 8.21. The zero-order valence-corrected chi connectivity index (χ0v) is 10.2. The van der Waals surface area contributed by atoms with Gasteiger partial charge in [0.05, 0.1) is 6.10 Å². The van der Waals surface area contributed by atoms with Crippen molar-refractivity contribution in [2.24, 2.45) is 11.3 Å². The van der Waals surface area contributed by atoms with E-state index in [9.17, 15) is 18.3 Å². The molecule has 1 N–H and O–H groups in total. The lowest BCUT2D eigenvalue weighted by molar-refractivity contribution is -0.275. The minimum Gasteiger partial charge on any atom is -0.405 e. The average molecular weight is 260 g/mol. The van der Waals surface area contributed by atoms with Gasteiger partial charge < -0.3 is 9.84 Å². The maximum absolute atomic E-state index is 12.2. The molecule has 0 heterocycles. The molecule has 2 rings (SSSR count). The van der Waals surface area contributed by atoms with E-state index < -0.39 is 12.5 Å². The lowest BCUT2D eigenvalue weighted by Gasteiger charge is -2.18. The van der Waals surface area contributed by atoms with E-state index in [0.29, 0.717) is 0 Å². The molecule has 100 valence electrons. The summed E-state index contributed by atoms with van der Waals surface area (Å²) >= 11 is 0. The van der Waals surface area contributed by atoms with Gasteiger partial charge in [-0.15, -0.1) is 13.2 Å². The van der Waals surface area contributed by atoms with E-state index in [0.717, 1.165) is 6.42 Å². The number of halogens is 3. The molecule has 0 radical (unpaired) electrons. The normalized spacial score (nSPS) is 23.6. The molecule has 0 bridgehead atoms. The highest BCUT2D eigenvalue weighted by molar-refractivity contribution is 5.36. The summed E-state index contributed by atoms with van der Waals surface area (Å²) in [6.07, 6.45) is -4.86. The number of rotatable bonds is 3. The van der Waals surface area contributed by atoms with Crippen molar-refractivity contribution in [3.05, 3.63) is 29.8 Å². The molecular weight excluding hydrogens is 245 g/mol. The van der Waals surface area contributed by atoms with Gasteiger partial charge in [-0.1, -0.05) is 32.0 Å². The summed E-state index contributed by atoms with van der Waals surface area (Å²) in [5.41, 5.74) is 0.176. The smallest absolute Gasteiger partial charge is 0.405 e. The predicted molar refractivity (Wildman–Crippen MR) is 60.0 cm³/mol. The van der Waals surface area contributed by atoms with Crippen LogP contribution in [0.1, 0.15) is 31.9 Å². The van der Waals surface area contributed by atoms with Crippen molar-refractivity contribution in [1.82, 2.24) is 0 Å². The van der Waals surface area contributed by atoms with E-state index in [2.05, 4.69) is 4.74 Å². The van der Waals surface area contributed by atoms with Crippen LogP contribution in [0.4, 0.5) is 13.2 Å². The molecule has 0 aliphatic heterocycles. The van der Waals surface area contributed by atoms with Gasteiger partial charge >= 0.3 is 6.36 Å². The zero-order chi connectivity index (χ0) is 13.6. The second kappa shape index (κ2) is 4.16. The van der Waals surface area contributed by atoms with E-state index in [1.54, 1.807) is 6.07 Å². The van der Waals surface area contributed by atoms with Gasteiger partial charge in [0.15, 0.2) is 0 Å². The third kappa shape index (κ3) is 2.77. The van der Waals surface area contributed by atoms with Crippen LogP contribution in [0, 0.1) is 11.3 Å². The van der Waals surface area contributed by atoms with Crippen molar-refractivity contribution in [3.63, 3.8) is 0 Å². The number of ether oxygens (including phenoxy) is 1.